The number of rotatable bonds is 6. The summed E-state index contributed by atoms with van der Waals surface area (Å²) in [4.78, 5) is 0. The van der Waals surface area contributed by atoms with Crippen LogP contribution in [0.5, 0.6) is 23.0 Å². The topological polar surface area (TPSA) is 104 Å². The van der Waals surface area contributed by atoms with Crippen LogP contribution in [0.2, 0.25) is 0 Å². The van der Waals surface area contributed by atoms with E-state index in [1.165, 1.54) is 0 Å². The predicted molar refractivity (Wildman–Crippen MR) is 98.6 cm³/mol. The molecule has 0 spiro atoms. The van der Waals surface area contributed by atoms with Crippen molar-refractivity contribution in [3.05, 3.63) is 41.6 Å². The van der Waals surface area contributed by atoms with Gasteiger partial charge in [-0.25, -0.2) is 0 Å². The Hall–Kier alpha value is -3.42. The van der Waals surface area contributed by atoms with Crippen molar-refractivity contribution in [1.29, 1.82) is 0 Å². The van der Waals surface area contributed by atoms with Gasteiger partial charge in [-0.3, -0.25) is 5.10 Å². The summed E-state index contributed by atoms with van der Waals surface area (Å²) in [6.45, 7) is 0. The number of H-pyrrole nitrogens is 1. The molecule has 3 aromatic rings. The molecule has 0 radical (unpaired) electrons. The number of aromatic amines is 1. The van der Waals surface area contributed by atoms with E-state index in [4.69, 9.17) is 24.8 Å². The lowest BCUT2D eigenvalue weighted by Crippen LogP contribution is -2.09. The van der Waals surface area contributed by atoms with Gasteiger partial charge in [0.25, 0.3) is 0 Å². The highest BCUT2D eigenvalue weighted by Crippen LogP contribution is 2.39. The third kappa shape index (κ3) is 2.85. The Morgan fingerprint density at radius 3 is 2.19 bits per heavy atom. The number of nitrogens with two attached hydrogens (primary N) is 1. The first-order chi connectivity index (χ1) is 12.7. The summed E-state index contributed by atoms with van der Waals surface area (Å²) >= 11 is 0. The molecule has 136 valence electrons. The first-order valence-corrected chi connectivity index (χ1v) is 7.77. The molecule has 3 rings (SSSR count). The van der Waals surface area contributed by atoms with Crippen LogP contribution in [0.1, 0.15) is 11.3 Å². The molecule has 2 aromatic carbocycles. The zero-order valence-electron chi connectivity index (χ0n) is 15.0. The Labute approximate surface area is 150 Å². The van der Waals surface area contributed by atoms with Crippen LogP contribution in [0, 0.1) is 0 Å². The summed E-state index contributed by atoms with van der Waals surface area (Å²) in [7, 11) is 6.26. The Kier molecular flexibility index (Phi) is 4.83. The fraction of sp³-hybridized carbons (Fsp3) is 0.222. The van der Waals surface area contributed by atoms with E-state index in [2.05, 4.69) is 15.3 Å². The molecule has 1 heterocycles. The van der Waals surface area contributed by atoms with Gasteiger partial charge in [-0.2, -0.15) is 10.2 Å². The molecule has 0 saturated heterocycles. The van der Waals surface area contributed by atoms with E-state index in [0.717, 1.165) is 16.7 Å². The molecule has 1 aromatic heterocycles. The van der Waals surface area contributed by atoms with Crippen molar-refractivity contribution in [2.24, 2.45) is 10.9 Å². The van der Waals surface area contributed by atoms with Crippen LogP contribution in [0.15, 0.2) is 35.4 Å². The smallest absolute Gasteiger partial charge is 0.203 e. The zero-order chi connectivity index (χ0) is 18.7. The Bertz CT molecular complexity index is 940. The molecule has 26 heavy (non-hydrogen) atoms. The molecule has 0 aliphatic rings. The average Bonchev–Trinajstić information content (AvgIpc) is 3.10. The fourth-order valence-electron chi connectivity index (χ4n) is 2.80. The van der Waals surface area contributed by atoms with Crippen LogP contribution in [-0.2, 0) is 0 Å². The minimum atomic E-state index is 0.487. The number of nitrogens with zero attached hydrogens (tertiary/aromatic N) is 2. The van der Waals surface area contributed by atoms with Gasteiger partial charge >= 0.3 is 0 Å². The summed E-state index contributed by atoms with van der Waals surface area (Å²) < 4.78 is 21.4. The fourth-order valence-corrected chi connectivity index (χ4v) is 2.80. The van der Waals surface area contributed by atoms with Gasteiger partial charge in [0.2, 0.25) is 5.75 Å². The molecular formula is C18H20N4O4. The van der Waals surface area contributed by atoms with Crippen LogP contribution >= 0.6 is 0 Å². The van der Waals surface area contributed by atoms with Gasteiger partial charge in [-0.1, -0.05) is 0 Å². The molecule has 0 unspecified atom stereocenters. The van der Waals surface area contributed by atoms with Crippen molar-refractivity contribution in [1.82, 2.24) is 10.2 Å². The van der Waals surface area contributed by atoms with Gasteiger partial charge in [-0.05, 0) is 24.3 Å². The molecule has 0 atom stereocenters. The molecule has 0 aliphatic carbocycles. The third-order valence-corrected chi connectivity index (χ3v) is 4.06. The van der Waals surface area contributed by atoms with E-state index in [0.29, 0.717) is 34.2 Å². The molecule has 0 amide bonds. The van der Waals surface area contributed by atoms with Crippen molar-refractivity contribution in [2.45, 2.75) is 0 Å². The maximum absolute atomic E-state index is 5.69. The minimum Gasteiger partial charge on any atom is -0.497 e. The predicted octanol–water partition coefficient (Wildman–Crippen LogP) is 2.31. The van der Waals surface area contributed by atoms with E-state index in [1.54, 1.807) is 40.6 Å². The van der Waals surface area contributed by atoms with Crippen LogP contribution in [0.4, 0.5) is 0 Å². The van der Waals surface area contributed by atoms with Gasteiger partial charge in [0, 0.05) is 17.0 Å². The van der Waals surface area contributed by atoms with Gasteiger partial charge in [0.05, 0.1) is 34.0 Å². The summed E-state index contributed by atoms with van der Waals surface area (Å²) in [5.41, 5.74) is 2.60. The first kappa shape index (κ1) is 17.4. The highest BCUT2D eigenvalue weighted by molar-refractivity contribution is 6.18. The molecule has 0 fully saturated rings. The second-order valence-electron chi connectivity index (χ2n) is 5.38. The molecule has 0 saturated carbocycles. The monoisotopic (exact) mass is 356 g/mol. The van der Waals surface area contributed by atoms with Crippen LogP contribution in [0.25, 0.3) is 10.9 Å². The maximum atomic E-state index is 5.69. The van der Waals surface area contributed by atoms with E-state index >= 15 is 0 Å². The maximum Gasteiger partial charge on any atom is 0.203 e. The molecular weight excluding hydrogens is 336 g/mol. The Morgan fingerprint density at radius 1 is 0.962 bits per heavy atom. The summed E-state index contributed by atoms with van der Waals surface area (Å²) in [6, 6.07) is 9.16. The number of ether oxygens (including phenoxy) is 4. The number of hydrogen-bond acceptors (Lipinski definition) is 7. The van der Waals surface area contributed by atoms with E-state index < -0.39 is 0 Å². The quantitative estimate of drug-likeness (QED) is 0.399. The standard InChI is InChI=1S/C18H20N4O4/c1-23-11-5-6-12-13(9-11)21-22-17(12)16(20-19)10-7-14(24-2)18(26-4)15(8-10)25-3/h5-9H,19H2,1-4H3,(H,21,22)/b20-16+. The van der Waals surface area contributed by atoms with Crippen molar-refractivity contribution in [3.8, 4) is 23.0 Å². The minimum absolute atomic E-state index is 0.487. The van der Waals surface area contributed by atoms with Crippen LogP contribution in [-0.4, -0.2) is 44.3 Å². The average molecular weight is 356 g/mol. The Morgan fingerprint density at radius 2 is 1.65 bits per heavy atom. The highest BCUT2D eigenvalue weighted by Gasteiger charge is 2.20. The van der Waals surface area contributed by atoms with Crippen molar-refractivity contribution in [2.75, 3.05) is 28.4 Å². The van der Waals surface area contributed by atoms with Crippen LogP contribution < -0.4 is 24.8 Å². The van der Waals surface area contributed by atoms with E-state index in [1.807, 2.05) is 18.2 Å². The normalized spacial score (nSPS) is 11.5. The van der Waals surface area contributed by atoms with Gasteiger partial charge in [0.1, 0.15) is 17.2 Å². The van der Waals surface area contributed by atoms with Crippen molar-refractivity contribution in [3.63, 3.8) is 0 Å². The Balaban J connectivity index is 2.16. The van der Waals surface area contributed by atoms with Crippen LogP contribution in [0.3, 0.4) is 0 Å². The molecule has 0 bridgehead atoms. The second kappa shape index (κ2) is 7.22. The lowest BCUT2D eigenvalue weighted by atomic mass is 10.0. The second-order valence-corrected chi connectivity index (χ2v) is 5.38. The highest BCUT2D eigenvalue weighted by atomic mass is 16.5. The van der Waals surface area contributed by atoms with Gasteiger partial charge in [0.15, 0.2) is 11.5 Å². The summed E-state index contributed by atoms with van der Waals surface area (Å²) in [5, 5.41) is 12.2. The lowest BCUT2D eigenvalue weighted by Gasteiger charge is -2.14. The third-order valence-electron chi connectivity index (χ3n) is 4.06. The van der Waals surface area contributed by atoms with Crippen molar-refractivity contribution >= 4 is 16.6 Å². The summed E-state index contributed by atoms with van der Waals surface area (Å²) in [6.07, 6.45) is 0. The zero-order valence-corrected chi connectivity index (χ0v) is 15.0. The number of nitrogens with one attached hydrogen (secondary N) is 1. The number of fused-ring (bicyclic) bond motifs is 1. The SMILES string of the molecule is COc1ccc2c(/C(=N/N)c3cc(OC)c(OC)c(OC)c3)n[nH]c2c1. The molecule has 3 N–H and O–H groups in total. The van der Waals surface area contributed by atoms with E-state index in [-0.39, 0.29) is 0 Å². The largest absolute Gasteiger partial charge is 0.497 e. The number of hydrazone groups is 1. The molecule has 0 aliphatic heterocycles. The summed E-state index contributed by atoms with van der Waals surface area (Å²) in [5.74, 6) is 7.92. The molecule has 8 nitrogen and oxygen atoms in total. The van der Waals surface area contributed by atoms with E-state index in [9.17, 15) is 0 Å². The first-order valence-electron chi connectivity index (χ1n) is 7.77. The lowest BCUT2D eigenvalue weighted by molar-refractivity contribution is 0.324. The van der Waals surface area contributed by atoms with Gasteiger partial charge < -0.3 is 24.8 Å². The number of hydrogen-bond donors (Lipinski definition) is 2. The number of aromatic nitrogens is 2. The van der Waals surface area contributed by atoms with Gasteiger partial charge in [-0.15, -0.1) is 0 Å². The number of benzene rings is 2. The number of methoxy groups -OCH3 is 4. The molecule has 8 heteroatoms. The van der Waals surface area contributed by atoms with Crippen molar-refractivity contribution < 1.29 is 18.9 Å².